The largest absolute Gasteiger partial charge is 0.462 e. The highest BCUT2D eigenvalue weighted by Crippen LogP contribution is 2.52. The molecule has 0 aromatic rings. The molecule has 116 valence electrons. The maximum Gasteiger partial charge on any atom is 0.302 e. The van der Waals surface area contributed by atoms with Crippen molar-refractivity contribution >= 4 is 5.97 Å². The number of rotatable bonds is 2. The molecule has 0 amide bonds. The normalized spacial score (nSPS) is 38.1. The zero-order valence-electron chi connectivity index (χ0n) is 13.7. The molecular weight excluding hydrogens is 252 g/mol. The average Bonchev–Trinajstić information content (AvgIpc) is 2.28. The van der Waals surface area contributed by atoms with Crippen LogP contribution in [0.15, 0.2) is 0 Å². The van der Waals surface area contributed by atoms with Crippen LogP contribution in [0, 0.1) is 11.3 Å². The molecule has 2 saturated carbocycles. The van der Waals surface area contributed by atoms with Crippen LogP contribution in [0.4, 0.5) is 0 Å². The van der Waals surface area contributed by atoms with E-state index in [1.54, 1.807) is 0 Å². The van der Waals surface area contributed by atoms with Gasteiger partial charge in [-0.15, -0.1) is 0 Å². The summed E-state index contributed by atoms with van der Waals surface area (Å²) in [5.74, 6) is 0.319. The lowest BCUT2D eigenvalue weighted by molar-refractivity contribution is -0.191. The molecule has 20 heavy (non-hydrogen) atoms. The number of esters is 1. The summed E-state index contributed by atoms with van der Waals surface area (Å²) in [6, 6.07) is 0. The molecule has 4 atom stereocenters. The number of ether oxygens (including phenoxy) is 2. The molecule has 0 aliphatic heterocycles. The van der Waals surface area contributed by atoms with Gasteiger partial charge in [0.25, 0.3) is 0 Å². The third kappa shape index (κ3) is 3.36. The maximum absolute atomic E-state index is 11.3. The van der Waals surface area contributed by atoms with Crippen LogP contribution in [-0.2, 0) is 14.3 Å². The third-order valence-corrected chi connectivity index (χ3v) is 5.03. The van der Waals surface area contributed by atoms with Gasteiger partial charge >= 0.3 is 5.97 Å². The zero-order chi connectivity index (χ0) is 15.0. The Bertz CT molecular complexity index is 358. The highest BCUT2D eigenvalue weighted by atomic mass is 16.5. The summed E-state index contributed by atoms with van der Waals surface area (Å²) in [7, 11) is 0. The molecule has 0 aromatic heterocycles. The van der Waals surface area contributed by atoms with Gasteiger partial charge in [-0.05, 0) is 52.9 Å². The van der Waals surface area contributed by atoms with Crippen molar-refractivity contribution in [2.45, 2.75) is 91.0 Å². The molecule has 0 aromatic carbocycles. The smallest absolute Gasteiger partial charge is 0.302 e. The van der Waals surface area contributed by atoms with Crippen molar-refractivity contribution in [3.8, 4) is 0 Å². The fraction of sp³-hybridized carbons (Fsp3) is 0.941. The van der Waals surface area contributed by atoms with Gasteiger partial charge in [0, 0.05) is 18.3 Å². The van der Waals surface area contributed by atoms with E-state index in [0.717, 1.165) is 19.3 Å². The summed E-state index contributed by atoms with van der Waals surface area (Å²) < 4.78 is 12.0. The van der Waals surface area contributed by atoms with Crippen molar-refractivity contribution in [2.24, 2.45) is 11.3 Å². The second-order valence-electron chi connectivity index (χ2n) is 7.80. The van der Waals surface area contributed by atoms with Crippen LogP contribution in [-0.4, -0.2) is 23.8 Å². The van der Waals surface area contributed by atoms with Gasteiger partial charge in [0.1, 0.15) is 6.10 Å². The molecule has 3 nitrogen and oxygen atoms in total. The Labute approximate surface area is 123 Å². The van der Waals surface area contributed by atoms with E-state index in [1.807, 2.05) is 0 Å². The monoisotopic (exact) mass is 282 g/mol. The first-order valence-electron chi connectivity index (χ1n) is 8.07. The predicted molar refractivity (Wildman–Crippen MR) is 79.5 cm³/mol. The minimum atomic E-state index is -0.141. The fourth-order valence-corrected chi connectivity index (χ4v) is 4.24. The second kappa shape index (κ2) is 5.67. The van der Waals surface area contributed by atoms with E-state index >= 15 is 0 Å². The Hall–Kier alpha value is -0.570. The molecule has 0 bridgehead atoms. The number of hydrogen-bond acceptors (Lipinski definition) is 3. The zero-order valence-corrected chi connectivity index (χ0v) is 13.7. The summed E-state index contributed by atoms with van der Waals surface area (Å²) >= 11 is 0. The SMILES string of the molecule is CC(=O)O[C@H]1CCC[C@]2(C)[C@@H](OC(C)(C)C)CCC[C@@H]12. The third-order valence-electron chi connectivity index (χ3n) is 5.03. The first-order valence-corrected chi connectivity index (χ1v) is 8.07. The molecule has 0 spiro atoms. The lowest BCUT2D eigenvalue weighted by atomic mass is 9.58. The molecule has 3 heteroatoms. The molecule has 0 heterocycles. The molecule has 0 saturated heterocycles. The minimum Gasteiger partial charge on any atom is -0.462 e. The first-order chi connectivity index (χ1) is 9.22. The number of hydrogen-bond donors (Lipinski definition) is 0. The Morgan fingerprint density at radius 1 is 1.15 bits per heavy atom. The van der Waals surface area contributed by atoms with Crippen LogP contribution < -0.4 is 0 Å². The van der Waals surface area contributed by atoms with Crippen molar-refractivity contribution in [3.05, 3.63) is 0 Å². The van der Waals surface area contributed by atoms with Crippen LogP contribution >= 0.6 is 0 Å². The van der Waals surface area contributed by atoms with Crippen LogP contribution in [0.25, 0.3) is 0 Å². The van der Waals surface area contributed by atoms with Gasteiger partial charge < -0.3 is 9.47 Å². The quantitative estimate of drug-likeness (QED) is 0.716. The van der Waals surface area contributed by atoms with Crippen molar-refractivity contribution < 1.29 is 14.3 Å². The van der Waals surface area contributed by atoms with Crippen molar-refractivity contribution in [1.29, 1.82) is 0 Å². The first kappa shape index (κ1) is 15.8. The molecule has 2 aliphatic carbocycles. The van der Waals surface area contributed by atoms with E-state index in [9.17, 15) is 4.79 Å². The van der Waals surface area contributed by atoms with Gasteiger partial charge in [-0.25, -0.2) is 0 Å². The number of fused-ring (bicyclic) bond motifs is 1. The molecule has 2 rings (SSSR count). The standard InChI is InChI=1S/C17H30O3/c1-12(18)19-14-9-7-11-17(5)13(14)8-6-10-15(17)20-16(2,3)4/h13-15H,6-11H2,1-5H3/t13-,14-,15-,17-/m0/s1. The Morgan fingerprint density at radius 2 is 1.85 bits per heavy atom. The minimum absolute atomic E-state index is 0.0950. The highest BCUT2D eigenvalue weighted by Gasteiger charge is 2.51. The second-order valence-corrected chi connectivity index (χ2v) is 7.80. The van der Waals surface area contributed by atoms with Gasteiger partial charge in [0.15, 0.2) is 0 Å². The van der Waals surface area contributed by atoms with E-state index in [-0.39, 0.29) is 23.1 Å². The highest BCUT2D eigenvalue weighted by molar-refractivity contribution is 5.66. The van der Waals surface area contributed by atoms with Gasteiger partial charge in [-0.1, -0.05) is 13.3 Å². The van der Waals surface area contributed by atoms with Crippen LogP contribution in [0.1, 0.15) is 73.1 Å². The Morgan fingerprint density at radius 3 is 2.45 bits per heavy atom. The summed E-state index contributed by atoms with van der Waals surface area (Å²) in [5, 5.41) is 0. The van der Waals surface area contributed by atoms with E-state index in [4.69, 9.17) is 9.47 Å². The summed E-state index contributed by atoms with van der Waals surface area (Å²) in [6.07, 6.45) is 7.21. The Balaban J connectivity index is 2.17. The van der Waals surface area contributed by atoms with E-state index < -0.39 is 0 Å². The molecule has 2 fully saturated rings. The summed E-state index contributed by atoms with van der Waals surface area (Å²) in [4.78, 5) is 11.3. The van der Waals surface area contributed by atoms with Crippen molar-refractivity contribution in [2.75, 3.05) is 0 Å². The molecule has 0 N–H and O–H groups in total. The van der Waals surface area contributed by atoms with Crippen molar-refractivity contribution in [3.63, 3.8) is 0 Å². The van der Waals surface area contributed by atoms with E-state index in [1.165, 1.54) is 26.2 Å². The summed E-state index contributed by atoms with van der Waals surface area (Å²) in [5.41, 5.74) is 0.0494. The van der Waals surface area contributed by atoms with E-state index in [0.29, 0.717) is 12.0 Å². The van der Waals surface area contributed by atoms with Gasteiger partial charge in [0.2, 0.25) is 0 Å². The summed E-state index contributed by atoms with van der Waals surface area (Å²) in [6.45, 7) is 10.3. The number of carbonyl (C=O) groups excluding carboxylic acids is 1. The molecule has 2 aliphatic rings. The average molecular weight is 282 g/mol. The lowest BCUT2D eigenvalue weighted by Crippen LogP contribution is -2.53. The Kier molecular flexibility index (Phi) is 4.48. The van der Waals surface area contributed by atoms with Gasteiger partial charge in [0.05, 0.1) is 11.7 Å². The predicted octanol–water partition coefficient (Wildman–Crippen LogP) is 4.09. The van der Waals surface area contributed by atoms with Gasteiger partial charge in [-0.2, -0.15) is 0 Å². The molecule has 0 radical (unpaired) electrons. The lowest BCUT2D eigenvalue weighted by Gasteiger charge is -2.53. The van der Waals surface area contributed by atoms with Crippen LogP contribution in [0.3, 0.4) is 0 Å². The van der Waals surface area contributed by atoms with Crippen LogP contribution in [0.5, 0.6) is 0 Å². The maximum atomic E-state index is 11.3. The van der Waals surface area contributed by atoms with E-state index in [2.05, 4.69) is 27.7 Å². The topological polar surface area (TPSA) is 35.5 Å². The number of carbonyl (C=O) groups is 1. The van der Waals surface area contributed by atoms with Gasteiger partial charge in [-0.3, -0.25) is 4.79 Å². The van der Waals surface area contributed by atoms with Crippen LogP contribution in [0.2, 0.25) is 0 Å². The van der Waals surface area contributed by atoms with Crippen molar-refractivity contribution in [1.82, 2.24) is 0 Å². The molecular formula is C17H30O3. The molecule has 0 unspecified atom stereocenters. The fourth-order valence-electron chi connectivity index (χ4n) is 4.24.